The Morgan fingerprint density at radius 3 is 2.53 bits per heavy atom. The van der Waals surface area contributed by atoms with Gasteiger partial charge < -0.3 is 15.4 Å². The summed E-state index contributed by atoms with van der Waals surface area (Å²) in [6, 6.07) is 0.170. The minimum Gasteiger partial charge on any atom is -0.373 e. The van der Waals surface area contributed by atoms with Gasteiger partial charge in [0.15, 0.2) is 0 Å². The molecule has 0 radical (unpaired) electrons. The average molecular weight is 238 g/mol. The van der Waals surface area contributed by atoms with Gasteiger partial charge in [0.2, 0.25) is 5.91 Å². The highest BCUT2D eigenvalue weighted by molar-refractivity contribution is 5.76. The van der Waals surface area contributed by atoms with Gasteiger partial charge in [-0.1, -0.05) is 0 Å². The lowest BCUT2D eigenvalue weighted by Gasteiger charge is -2.41. The highest BCUT2D eigenvalue weighted by Gasteiger charge is 2.45. The predicted octanol–water partition coefficient (Wildman–Crippen LogP) is 0.895. The molecule has 1 atom stereocenters. The van der Waals surface area contributed by atoms with Gasteiger partial charge in [-0.05, 0) is 38.0 Å². The van der Waals surface area contributed by atoms with E-state index in [1.54, 1.807) is 0 Å². The number of amides is 1. The molecule has 4 nitrogen and oxygen atoms in total. The van der Waals surface area contributed by atoms with Gasteiger partial charge >= 0.3 is 0 Å². The first kappa shape index (κ1) is 11.5. The van der Waals surface area contributed by atoms with Crippen LogP contribution in [0.25, 0.3) is 0 Å². The second-order valence-corrected chi connectivity index (χ2v) is 5.84. The van der Waals surface area contributed by atoms with E-state index in [4.69, 9.17) is 10.5 Å². The maximum Gasteiger partial charge on any atom is 0.222 e. The standard InChI is InChI=1S/C13H22N2O2/c14-11-3-8-17-13(11)4-6-15(7-5-13)12(16)9-10-1-2-10/h10-11H,1-9,14H2. The van der Waals surface area contributed by atoms with E-state index in [9.17, 15) is 4.79 Å². The number of carbonyl (C=O) groups excluding carboxylic acids is 1. The summed E-state index contributed by atoms with van der Waals surface area (Å²) in [6.45, 7) is 2.45. The third kappa shape index (κ3) is 2.20. The van der Waals surface area contributed by atoms with Crippen molar-refractivity contribution < 1.29 is 9.53 Å². The molecular weight excluding hydrogens is 216 g/mol. The fourth-order valence-corrected chi connectivity index (χ4v) is 3.11. The maximum absolute atomic E-state index is 12.0. The Morgan fingerprint density at radius 2 is 2.00 bits per heavy atom. The first-order valence-electron chi connectivity index (χ1n) is 6.87. The van der Waals surface area contributed by atoms with Gasteiger partial charge in [0.05, 0.1) is 5.60 Å². The lowest BCUT2D eigenvalue weighted by molar-refractivity contribution is -0.136. The molecule has 0 bridgehead atoms. The van der Waals surface area contributed by atoms with Crippen molar-refractivity contribution in [3.8, 4) is 0 Å². The quantitative estimate of drug-likeness (QED) is 0.777. The maximum atomic E-state index is 12.0. The molecule has 0 aromatic heterocycles. The van der Waals surface area contributed by atoms with Crippen molar-refractivity contribution in [3.05, 3.63) is 0 Å². The van der Waals surface area contributed by atoms with Crippen molar-refractivity contribution in [2.24, 2.45) is 11.7 Å². The summed E-state index contributed by atoms with van der Waals surface area (Å²) in [4.78, 5) is 14.0. The molecule has 4 heteroatoms. The number of hydrogen-bond donors (Lipinski definition) is 1. The van der Waals surface area contributed by atoms with E-state index in [1.165, 1.54) is 12.8 Å². The zero-order valence-electron chi connectivity index (χ0n) is 10.4. The van der Waals surface area contributed by atoms with Crippen LogP contribution in [0.2, 0.25) is 0 Å². The zero-order chi connectivity index (χ0) is 11.9. The van der Waals surface area contributed by atoms with Gasteiger partial charge in [0, 0.05) is 32.2 Å². The van der Waals surface area contributed by atoms with Gasteiger partial charge in [-0.15, -0.1) is 0 Å². The zero-order valence-corrected chi connectivity index (χ0v) is 10.4. The van der Waals surface area contributed by atoms with E-state index in [0.29, 0.717) is 11.8 Å². The molecular formula is C13H22N2O2. The van der Waals surface area contributed by atoms with Crippen LogP contribution in [0, 0.1) is 5.92 Å². The molecule has 3 fully saturated rings. The predicted molar refractivity (Wildman–Crippen MR) is 64.4 cm³/mol. The monoisotopic (exact) mass is 238 g/mol. The smallest absolute Gasteiger partial charge is 0.222 e. The summed E-state index contributed by atoms with van der Waals surface area (Å²) in [5, 5.41) is 0. The van der Waals surface area contributed by atoms with Gasteiger partial charge in [-0.3, -0.25) is 4.79 Å². The molecule has 1 unspecified atom stereocenters. The van der Waals surface area contributed by atoms with Crippen LogP contribution in [-0.4, -0.2) is 42.1 Å². The minimum atomic E-state index is -0.115. The number of rotatable bonds is 2. The highest BCUT2D eigenvalue weighted by atomic mass is 16.5. The number of hydrogen-bond acceptors (Lipinski definition) is 3. The number of piperidine rings is 1. The van der Waals surface area contributed by atoms with Gasteiger partial charge in [-0.2, -0.15) is 0 Å². The van der Waals surface area contributed by atoms with E-state index in [1.807, 2.05) is 4.90 Å². The third-order valence-electron chi connectivity index (χ3n) is 4.62. The molecule has 1 amide bonds. The van der Waals surface area contributed by atoms with Crippen LogP contribution in [-0.2, 0) is 9.53 Å². The number of nitrogens with zero attached hydrogens (tertiary/aromatic N) is 1. The fraction of sp³-hybridized carbons (Fsp3) is 0.923. The molecule has 1 spiro atoms. The molecule has 3 aliphatic rings. The van der Waals surface area contributed by atoms with E-state index in [0.717, 1.165) is 45.4 Å². The fourth-order valence-electron chi connectivity index (χ4n) is 3.11. The van der Waals surface area contributed by atoms with E-state index in [2.05, 4.69) is 0 Å². The third-order valence-corrected chi connectivity index (χ3v) is 4.62. The molecule has 2 saturated heterocycles. The Bertz CT molecular complexity index is 307. The second-order valence-electron chi connectivity index (χ2n) is 5.84. The first-order chi connectivity index (χ1) is 8.20. The Balaban J connectivity index is 1.54. The number of likely N-dealkylation sites (tertiary alicyclic amines) is 1. The molecule has 1 saturated carbocycles. The van der Waals surface area contributed by atoms with Crippen molar-refractivity contribution in [1.82, 2.24) is 4.90 Å². The van der Waals surface area contributed by atoms with Crippen LogP contribution in [0.3, 0.4) is 0 Å². The summed E-state index contributed by atoms with van der Waals surface area (Å²) in [6.07, 6.45) is 6.07. The Morgan fingerprint density at radius 1 is 1.29 bits per heavy atom. The van der Waals surface area contributed by atoms with Gasteiger partial charge in [-0.25, -0.2) is 0 Å². The lowest BCUT2D eigenvalue weighted by Crippen LogP contribution is -2.53. The van der Waals surface area contributed by atoms with Crippen LogP contribution in [0.5, 0.6) is 0 Å². The molecule has 1 aliphatic carbocycles. The highest BCUT2D eigenvalue weighted by Crippen LogP contribution is 2.37. The normalized spacial score (nSPS) is 32.1. The molecule has 2 aliphatic heterocycles. The van der Waals surface area contributed by atoms with E-state index >= 15 is 0 Å². The molecule has 0 aromatic rings. The summed E-state index contributed by atoms with van der Waals surface area (Å²) in [7, 11) is 0. The molecule has 0 aromatic carbocycles. The average Bonchev–Trinajstić information content (AvgIpc) is 3.07. The van der Waals surface area contributed by atoms with Crippen molar-refractivity contribution in [2.45, 2.75) is 50.2 Å². The van der Waals surface area contributed by atoms with Crippen molar-refractivity contribution in [2.75, 3.05) is 19.7 Å². The van der Waals surface area contributed by atoms with Crippen molar-refractivity contribution >= 4 is 5.91 Å². The molecule has 3 rings (SSSR count). The molecule has 2 N–H and O–H groups in total. The summed E-state index contributed by atoms with van der Waals surface area (Å²) in [5.74, 6) is 1.03. The largest absolute Gasteiger partial charge is 0.373 e. The van der Waals surface area contributed by atoms with E-state index in [-0.39, 0.29) is 11.6 Å². The summed E-state index contributed by atoms with van der Waals surface area (Å²) in [5.41, 5.74) is 6.01. The van der Waals surface area contributed by atoms with Crippen LogP contribution in [0.15, 0.2) is 0 Å². The van der Waals surface area contributed by atoms with Crippen molar-refractivity contribution in [1.29, 1.82) is 0 Å². The Kier molecular flexibility index (Phi) is 2.87. The van der Waals surface area contributed by atoms with E-state index < -0.39 is 0 Å². The minimum absolute atomic E-state index is 0.115. The first-order valence-corrected chi connectivity index (χ1v) is 6.87. The summed E-state index contributed by atoms with van der Waals surface area (Å²) >= 11 is 0. The van der Waals surface area contributed by atoms with Crippen LogP contribution >= 0.6 is 0 Å². The number of nitrogens with two attached hydrogens (primary N) is 1. The van der Waals surface area contributed by atoms with Crippen molar-refractivity contribution in [3.63, 3.8) is 0 Å². The Hall–Kier alpha value is -0.610. The molecule has 2 heterocycles. The van der Waals surface area contributed by atoms with Crippen LogP contribution < -0.4 is 5.73 Å². The van der Waals surface area contributed by atoms with Crippen LogP contribution in [0.4, 0.5) is 0 Å². The van der Waals surface area contributed by atoms with Crippen LogP contribution in [0.1, 0.15) is 38.5 Å². The van der Waals surface area contributed by atoms with Gasteiger partial charge in [0.25, 0.3) is 0 Å². The number of ether oxygens (including phenoxy) is 1. The molecule has 96 valence electrons. The second kappa shape index (κ2) is 4.25. The molecule has 17 heavy (non-hydrogen) atoms. The Labute approximate surface area is 102 Å². The topological polar surface area (TPSA) is 55.6 Å². The SMILES string of the molecule is NC1CCOC12CCN(C(=O)CC1CC1)CC2. The lowest BCUT2D eigenvalue weighted by atomic mass is 9.85. The summed E-state index contributed by atoms with van der Waals surface area (Å²) < 4.78 is 5.85. The number of carbonyl (C=O) groups is 1. The van der Waals surface area contributed by atoms with Gasteiger partial charge in [0.1, 0.15) is 0 Å².